The summed E-state index contributed by atoms with van der Waals surface area (Å²) in [6.07, 6.45) is 1.80. The van der Waals surface area contributed by atoms with Gasteiger partial charge >= 0.3 is 0 Å². The highest BCUT2D eigenvalue weighted by Gasteiger charge is 2.00. The van der Waals surface area contributed by atoms with Gasteiger partial charge in [-0.05, 0) is 32.0 Å². The Bertz CT molecular complexity index is 497. The first-order valence-corrected chi connectivity index (χ1v) is 7.02. The fraction of sp³-hybridized carbons (Fsp3) is 0.286. The molecule has 0 saturated heterocycles. The lowest BCUT2D eigenvalue weighted by molar-refractivity contribution is 1.02. The molecule has 0 amide bonds. The minimum absolute atomic E-state index is 0.794. The summed E-state index contributed by atoms with van der Waals surface area (Å²) in [5, 5.41) is 3.19. The lowest BCUT2D eigenvalue weighted by atomic mass is 10.2. The van der Waals surface area contributed by atoms with E-state index in [-0.39, 0.29) is 0 Å². The van der Waals surface area contributed by atoms with Gasteiger partial charge in [-0.15, -0.1) is 11.8 Å². The third kappa shape index (κ3) is 3.74. The van der Waals surface area contributed by atoms with Crippen molar-refractivity contribution in [3.63, 3.8) is 0 Å². The van der Waals surface area contributed by atoms with E-state index < -0.39 is 0 Å². The molecule has 0 unspecified atom stereocenters. The molecule has 0 atom stereocenters. The van der Waals surface area contributed by atoms with E-state index in [9.17, 15) is 0 Å². The monoisotopic (exact) mass is 259 g/mol. The number of hydrogen-bond acceptors (Lipinski definition) is 4. The zero-order valence-electron chi connectivity index (χ0n) is 10.7. The molecule has 0 aliphatic rings. The van der Waals surface area contributed by atoms with Crippen LogP contribution in [0.4, 0.5) is 5.82 Å². The van der Waals surface area contributed by atoms with Gasteiger partial charge in [0.25, 0.3) is 0 Å². The average molecular weight is 259 g/mol. The van der Waals surface area contributed by atoms with Crippen molar-refractivity contribution in [3.05, 3.63) is 47.9 Å². The van der Waals surface area contributed by atoms with E-state index in [0.29, 0.717) is 0 Å². The summed E-state index contributed by atoms with van der Waals surface area (Å²) in [4.78, 5) is 9.98. The molecule has 0 radical (unpaired) electrons. The molecule has 2 aromatic rings. The third-order valence-corrected chi connectivity index (χ3v) is 3.46. The third-order valence-electron chi connectivity index (χ3n) is 2.45. The molecular weight excluding hydrogens is 242 g/mol. The van der Waals surface area contributed by atoms with E-state index >= 15 is 0 Å². The van der Waals surface area contributed by atoms with Crippen LogP contribution in [-0.4, -0.2) is 16.5 Å². The molecule has 0 aliphatic carbocycles. The van der Waals surface area contributed by atoms with E-state index in [1.165, 1.54) is 10.5 Å². The van der Waals surface area contributed by atoms with Crippen LogP contribution < -0.4 is 5.32 Å². The van der Waals surface area contributed by atoms with Crippen LogP contribution >= 0.6 is 11.8 Å². The van der Waals surface area contributed by atoms with Crippen LogP contribution in [0.25, 0.3) is 0 Å². The zero-order chi connectivity index (χ0) is 12.8. The Kier molecular flexibility index (Phi) is 4.59. The van der Waals surface area contributed by atoms with Gasteiger partial charge in [-0.3, -0.25) is 0 Å². The fourth-order valence-electron chi connectivity index (χ4n) is 1.53. The molecule has 0 bridgehead atoms. The predicted molar refractivity (Wildman–Crippen MR) is 76.9 cm³/mol. The number of anilines is 1. The minimum atomic E-state index is 0.794. The number of nitrogens with one attached hydrogen (secondary N) is 1. The molecule has 1 N–H and O–H groups in total. The second-order valence-corrected chi connectivity index (χ2v) is 5.04. The van der Waals surface area contributed by atoms with E-state index in [4.69, 9.17) is 0 Å². The smallest absolute Gasteiger partial charge is 0.140 e. The van der Waals surface area contributed by atoms with Crippen molar-refractivity contribution >= 4 is 17.6 Å². The first-order valence-electron chi connectivity index (χ1n) is 6.03. The predicted octanol–water partition coefficient (Wildman–Crippen LogP) is 3.51. The van der Waals surface area contributed by atoms with E-state index in [1.807, 2.05) is 6.07 Å². The van der Waals surface area contributed by atoms with Crippen LogP contribution in [0.2, 0.25) is 0 Å². The number of thioether (sulfide) groups is 1. The summed E-state index contributed by atoms with van der Waals surface area (Å²) < 4.78 is 0. The topological polar surface area (TPSA) is 37.8 Å². The maximum Gasteiger partial charge on any atom is 0.140 e. The quantitative estimate of drug-likeness (QED) is 0.834. The Morgan fingerprint density at radius 2 is 1.94 bits per heavy atom. The Hall–Kier alpha value is -1.55. The summed E-state index contributed by atoms with van der Waals surface area (Å²) >= 11 is 1.76. The Balaban J connectivity index is 1.97. The molecule has 4 heteroatoms. The molecule has 18 heavy (non-hydrogen) atoms. The van der Waals surface area contributed by atoms with Crippen molar-refractivity contribution < 1.29 is 0 Å². The molecule has 0 saturated carbocycles. The summed E-state index contributed by atoms with van der Waals surface area (Å²) in [6.45, 7) is 5.03. The molecule has 0 aliphatic heterocycles. The average Bonchev–Trinajstić information content (AvgIpc) is 2.39. The van der Waals surface area contributed by atoms with Gasteiger partial charge < -0.3 is 5.32 Å². The van der Waals surface area contributed by atoms with E-state index in [0.717, 1.165) is 23.9 Å². The number of aryl methyl sites for hydroxylation is 1. The number of rotatable bonds is 5. The molecule has 0 spiro atoms. The summed E-state index contributed by atoms with van der Waals surface area (Å²) in [5.74, 6) is 2.55. The lowest BCUT2D eigenvalue weighted by Crippen LogP contribution is -2.02. The SMILES string of the molecule is CCNc1ccnc(CSc2ccc(C)cc2)n1. The summed E-state index contributed by atoms with van der Waals surface area (Å²) in [6, 6.07) is 10.4. The molecule has 0 fully saturated rings. The molecular formula is C14H17N3S. The van der Waals surface area contributed by atoms with Gasteiger partial charge in [-0.1, -0.05) is 17.7 Å². The standard InChI is InChI=1S/C14H17N3S/c1-3-15-13-8-9-16-14(17-13)10-18-12-6-4-11(2)5-7-12/h4-9H,3,10H2,1-2H3,(H,15,16,17). The Morgan fingerprint density at radius 1 is 1.17 bits per heavy atom. The second kappa shape index (κ2) is 6.40. The number of hydrogen-bond donors (Lipinski definition) is 1. The highest BCUT2D eigenvalue weighted by Crippen LogP contribution is 2.21. The molecule has 94 valence electrons. The Morgan fingerprint density at radius 3 is 2.67 bits per heavy atom. The van der Waals surface area contributed by atoms with Crippen LogP contribution in [0, 0.1) is 6.92 Å². The van der Waals surface area contributed by atoms with E-state index in [2.05, 4.69) is 53.4 Å². The Labute approximate surface area is 112 Å². The van der Waals surface area contributed by atoms with Crippen molar-refractivity contribution in [1.82, 2.24) is 9.97 Å². The fourth-order valence-corrected chi connectivity index (χ4v) is 2.29. The largest absolute Gasteiger partial charge is 0.370 e. The number of aromatic nitrogens is 2. The lowest BCUT2D eigenvalue weighted by Gasteiger charge is -2.04. The minimum Gasteiger partial charge on any atom is -0.370 e. The normalized spacial score (nSPS) is 10.3. The highest BCUT2D eigenvalue weighted by molar-refractivity contribution is 7.98. The first kappa shape index (κ1) is 12.9. The first-order chi connectivity index (χ1) is 8.78. The van der Waals surface area contributed by atoms with Gasteiger partial charge in [-0.25, -0.2) is 9.97 Å². The molecule has 1 heterocycles. The molecule has 1 aromatic carbocycles. The van der Waals surface area contributed by atoms with Gasteiger partial charge in [0, 0.05) is 17.6 Å². The summed E-state index contributed by atoms with van der Waals surface area (Å²) in [5.41, 5.74) is 1.28. The van der Waals surface area contributed by atoms with Crippen LogP contribution in [-0.2, 0) is 5.75 Å². The van der Waals surface area contributed by atoms with E-state index in [1.54, 1.807) is 18.0 Å². The zero-order valence-corrected chi connectivity index (χ0v) is 11.5. The van der Waals surface area contributed by atoms with Crippen molar-refractivity contribution in [2.24, 2.45) is 0 Å². The van der Waals surface area contributed by atoms with Crippen molar-refractivity contribution in [2.45, 2.75) is 24.5 Å². The molecule has 3 nitrogen and oxygen atoms in total. The van der Waals surface area contributed by atoms with Gasteiger partial charge in [0.05, 0.1) is 5.75 Å². The van der Waals surface area contributed by atoms with Gasteiger partial charge in [0.1, 0.15) is 11.6 Å². The van der Waals surface area contributed by atoms with Crippen LogP contribution in [0.15, 0.2) is 41.4 Å². The van der Waals surface area contributed by atoms with Crippen molar-refractivity contribution in [2.75, 3.05) is 11.9 Å². The van der Waals surface area contributed by atoms with Gasteiger partial charge in [-0.2, -0.15) is 0 Å². The van der Waals surface area contributed by atoms with Crippen LogP contribution in [0.3, 0.4) is 0 Å². The number of nitrogens with zero attached hydrogens (tertiary/aromatic N) is 2. The van der Waals surface area contributed by atoms with Crippen molar-refractivity contribution in [3.8, 4) is 0 Å². The van der Waals surface area contributed by atoms with Gasteiger partial charge in [0.2, 0.25) is 0 Å². The maximum absolute atomic E-state index is 4.45. The highest BCUT2D eigenvalue weighted by atomic mass is 32.2. The second-order valence-electron chi connectivity index (χ2n) is 3.99. The molecule has 2 rings (SSSR count). The van der Waals surface area contributed by atoms with Crippen LogP contribution in [0.1, 0.15) is 18.3 Å². The maximum atomic E-state index is 4.45. The molecule has 1 aromatic heterocycles. The van der Waals surface area contributed by atoms with Crippen molar-refractivity contribution in [1.29, 1.82) is 0 Å². The summed E-state index contributed by atoms with van der Waals surface area (Å²) in [7, 11) is 0. The van der Waals surface area contributed by atoms with Gasteiger partial charge in [0.15, 0.2) is 0 Å². The number of benzene rings is 1. The van der Waals surface area contributed by atoms with Crippen LogP contribution in [0.5, 0.6) is 0 Å².